The van der Waals surface area contributed by atoms with Crippen LogP contribution < -0.4 is 5.32 Å². The molecule has 1 aromatic rings. The van der Waals surface area contributed by atoms with Crippen molar-refractivity contribution >= 4 is 17.7 Å². The van der Waals surface area contributed by atoms with Gasteiger partial charge in [0.1, 0.15) is 6.61 Å². The van der Waals surface area contributed by atoms with Crippen LogP contribution in [0, 0.1) is 5.92 Å². The number of thioether (sulfide) groups is 1. The highest BCUT2D eigenvalue weighted by Crippen LogP contribution is 2.04. The Morgan fingerprint density at radius 2 is 2.20 bits per heavy atom. The normalized spacial score (nSPS) is 11.8. The Morgan fingerprint density at radius 3 is 2.90 bits per heavy atom. The lowest BCUT2D eigenvalue weighted by atomic mass is 10.2. The summed E-state index contributed by atoms with van der Waals surface area (Å²) in [6.07, 6.45) is 1.90. The van der Waals surface area contributed by atoms with Crippen molar-refractivity contribution in [2.24, 2.45) is 5.92 Å². The fourth-order valence-corrected chi connectivity index (χ4v) is 2.21. The predicted molar refractivity (Wildman–Crippen MR) is 85.8 cm³/mol. The number of rotatable bonds is 10. The number of carbonyl (C=O) groups is 1. The monoisotopic (exact) mass is 293 g/mol. The zero-order valence-corrected chi connectivity index (χ0v) is 12.8. The van der Waals surface area contributed by atoms with Gasteiger partial charge in [-0.3, -0.25) is 4.79 Å². The number of benzene rings is 1. The maximum Gasteiger partial charge on any atom is 0.310 e. The number of nitrogens with one attached hydrogen (secondary N) is 1. The van der Waals surface area contributed by atoms with E-state index in [2.05, 4.69) is 11.9 Å². The third-order valence-corrected chi connectivity index (χ3v) is 3.70. The fraction of sp³-hybridized carbons (Fsp3) is 0.438. The molecule has 1 N–H and O–H groups in total. The lowest BCUT2D eigenvalue weighted by Crippen LogP contribution is -2.29. The minimum Gasteiger partial charge on any atom is -0.461 e. The third kappa shape index (κ3) is 7.36. The van der Waals surface area contributed by atoms with Crippen LogP contribution in [0.2, 0.25) is 0 Å². The molecule has 20 heavy (non-hydrogen) atoms. The number of ether oxygens (including phenoxy) is 1. The summed E-state index contributed by atoms with van der Waals surface area (Å²) < 4.78 is 5.29. The smallest absolute Gasteiger partial charge is 0.310 e. The topological polar surface area (TPSA) is 38.3 Å². The van der Waals surface area contributed by atoms with Crippen LogP contribution >= 0.6 is 11.8 Å². The molecule has 1 atom stereocenters. The summed E-state index contributed by atoms with van der Waals surface area (Å²) in [5, 5.41) is 3.27. The van der Waals surface area contributed by atoms with E-state index in [0.717, 1.165) is 23.6 Å². The molecule has 0 saturated heterocycles. The lowest BCUT2D eigenvalue weighted by Gasteiger charge is -2.12. The molecule has 1 unspecified atom stereocenters. The van der Waals surface area contributed by atoms with Crippen molar-refractivity contribution in [1.82, 2.24) is 5.32 Å². The third-order valence-electron chi connectivity index (χ3n) is 2.74. The average Bonchev–Trinajstić information content (AvgIpc) is 2.49. The molecule has 1 aromatic carbocycles. The van der Waals surface area contributed by atoms with Gasteiger partial charge in [0.2, 0.25) is 0 Å². The molecule has 0 radical (unpaired) electrons. The quantitative estimate of drug-likeness (QED) is 0.409. The highest BCUT2D eigenvalue weighted by molar-refractivity contribution is 7.99. The van der Waals surface area contributed by atoms with Crippen molar-refractivity contribution in [3.63, 3.8) is 0 Å². The standard InChI is InChI=1S/C16H23NO2S/c1-3-10-20-11-9-17-12-14(2)16(18)19-13-15-7-5-4-6-8-15/h3-8,14,17H,1,9-13H2,2H3. The Bertz CT molecular complexity index is 395. The predicted octanol–water partition coefficient (Wildman–Crippen LogP) is 2.87. The molecule has 0 aliphatic heterocycles. The molecule has 0 heterocycles. The largest absolute Gasteiger partial charge is 0.461 e. The first kappa shape index (κ1) is 16.8. The van der Waals surface area contributed by atoms with Crippen LogP contribution in [0.25, 0.3) is 0 Å². The van der Waals surface area contributed by atoms with E-state index in [4.69, 9.17) is 4.74 Å². The van der Waals surface area contributed by atoms with Crippen LogP contribution in [0.4, 0.5) is 0 Å². The number of carbonyl (C=O) groups excluding carboxylic acids is 1. The first-order valence-electron chi connectivity index (χ1n) is 6.84. The van der Waals surface area contributed by atoms with Crippen molar-refractivity contribution in [1.29, 1.82) is 0 Å². The van der Waals surface area contributed by atoms with Crippen LogP contribution in [0.1, 0.15) is 12.5 Å². The Morgan fingerprint density at radius 1 is 1.45 bits per heavy atom. The van der Waals surface area contributed by atoms with Crippen molar-refractivity contribution in [2.75, 3.05) is 24.6 Å². The van der Waals surface area contributed by atoms with Crippen LogP contribution in [0.15, 0.2) is 43.0 Å². The molecule has 0 aliphatic carbocycles. The van der Waals surface area contributed by atoms with Gasteiger partial charge >= 0.3 is 5.97 Å². The van der Waals surface area contributed by atoms with Gasteiger partial charge in [-0.2, -0.15) is 11.8 Å². The zero-order chi connectivity index (χ0) is 14.6. The van der Waals surface area contributed by atoms with Gasteiger partial charge in [-0.1, -0.05) is 43.3 Å². The summed E-state index contributed by atoms with van der Waals surface area (Å²) in [6.45, 7) is 7.46. The second-order valence-corrected chi connectivity index (χ2v) is 5.71. The van der Waals surface area contributed by atoms with Crippen LogP contribution in [-0.4, -0.2) is 30.6 Å². The number of hydrogen-bond donors (Lipinski definition) is 1. The summed E-state index contributed by atoms with van der Waals surface area (Å²) in [5.74, 6) is 1.72. The average molecular weight is 293 g/mol. The van der Waals surface area contributed by atoms with E-state index in [-0.39, 0.29) is 11.9 Å². The molecule has 0 amide bonds. The Kier molecular flexibility index (Phi) is 8.83. The SMILES string of the molecule is C=CCSCCNCC(C)C(=O)OCc1ccccc1. The summed E-state index contributed by atoms with van der Waals surface area (Å²) >= 11 is 1.82. The van der Waals surface area contributed by atoms with E-state index in [1.165, 1.54) is 0 Å². The Labute approximate surface area is 125 Å². The van der Waals surface area contributed by atoms with Gasteiger partial charge < -0.3 is 10.1 Å². The molecular weight excluding hydrogens is 270 g/mol. The fourth-order valence-electron chi connectivity index (χ4n) is 1.58. The minimum absolute atomic E-state index is 0.122. The van der Waals surface area contributed by atoms with Crippen molar-refractivity contribution in [3.05, 3.63) is 48.6 Å². The van der Waals surface area contributed by atoms with E-state index in [1.807, 2.05) is 55.1 Å². The van der Waals surface area contributed by atoms with Gasteiger partial charge in [0.25, 0.3) is 0 Å². The van der Waals surface area contributed by atoms with Crippen LogP contribution in [-0.2, 0) is 16.1 Å². The molecule has 0 bridgehead atoms. The van der Waals surface area contributed by atoms with Gasteiger partial charge in [0.05, 0.1) is 5.92 Å². The van der Waals surface area contributed by atoms with Gasteiger partial charge in [-0.05, 0) is 5.56 Å². The van der Waals surface area contributed by atoms with E-state index in [1.54, 1.807) is 0 Å². The summed E-state index contributed by atoms with van der Waals surface area (Å²) in [7, 11) is 0. The molecule has 0 spiro atoms. The molecule has 0 aromatic heterocycles. The minimum atomic E-state index is -0.153. The lowest BCUT2D eigenvalue weighted by molar-refractivity contribution is -0.149. The van der Waals surface area contributed by atoms with Crippen molar-refractivity contribution < 1.29 is 9.53 Å². The first-order valence-corrected chi connectivity index (χ1v) is 7.99. The maximum absolute atomic E-state index is 11.8. The summed E-state index contributed by atoms with van der Waals surface area (Å²) in [5.41, 5.74) is 1.02. The van der Waals surface area contributed by atoms with Gasteiger partial charge in [0, 0.05) is 24.6 Å². The molecule has 0 saturated carbocycles. The molecule has 0 fully saturated rings. The second-order valence-electron chi connectivity index (χ2n) is 4.56. The van der Waals surface area contributed by atoms with E-state index >= 15 is 0 Å². The Hall–Kier alpha value is -1.26. The molecule has 4 heteroatoms. The number of hydrogen-bond acceptors (Lipinski definition) is 4. The van der Waals surface area contributed by atoms with Gasteiger partial charge in [-0.25, -0.2) is 0 Å². The van der Waals surface area contributed by atoms with Gasteiger partial charge in [-0.15, -0.1) is 6.58 Å². The summed E-state index contributed by atoms with van der Waals surface area (Å²) in [4.78, 5) is 11.8. The van der Waals surface area contributed by atoms with E-state index < -0.39 is 0 Å². The summed E-state index contributed by atoms with van der Waals surface area (Å²) in [6, 6.07) is 9.73. The molecule has 3 nitrogen and oxygen atoms in total. The van der Waals surface area contributed by atoms with Crippen LogP contribution in [0.3, 0.4) is 0 Å². The molecular formula is C16H23NO2S. The highest BCUT2D eigenvalue weighted by Gasteiger charge is 2.13. The Balaban J connectivity index is 2.11. The van der Waals surface area contributed by atoms with E-state index in [0.29, 0.717) is 13.2 Å². The molecule has 110 valence electrons. The number of esters is 1. The molecule has 1 rings (SSSR count). The van der Waals surface area contributed by atoms with E-state index in [9.17, 15) is 4.79 Å². The van der Waals surface area contributed by atoms with Crippen molar-refractivity contribution in [3.8, 4) is 0 Å². The maximum atomic E-state index is 11.8. The van der Waals surface area contributed by atoms with Crippen LogP contribution in [0.5, 0.6) is 0 Å². The second kappa shape index (κ2) is 10.5. The van der Waals surface area contributed by atoms with Gasteiger partial charge in [0.15, 0.2) is 0 Å². The zero-order valence-electron chi connectivity index (χ0n) is 12.0. The first-order chi connectivity index (χ1) is 9.74. The van der Waals surface area contributed by atoms with Crippen molar-refractivity contribution in [2.45, 2.75) is 13.5 Å². The highest BCUT2D eigenvalue weighted by atomic mass is 32.2. The molecule has 0 aliphatic rings.